The van der Waals surface area contributed by atoms with Gasteiger partial charge in [-0.1, -0.05) is 24.3 Å². The van der Waals surface area contributed by atoms with E-state index in [4.69, 9.17) is 4.99 Å². The number of fused-ring (bicyclic) bond motifs is 1. The number of rotatable bonds is 4. The number of aromatic nitrogens is 1. The van der Waals surface area contributed by atoms with E-state index < -0.39 is 0 Å². The summed E-state index contributed by atoms with van der Waals surface area (Å²) in [4.78, 5) is 13.6. The molecule has 0 saturated heterocycles. The molecule has 24 heavy (non-hydrogen) atoms. The smallest absolute Gasteiger partial charge is 0.198 e. The first-order chi connectivity index (χ1) is 11.7. The van der Waals surface area contributed by atoms with Gasteiger partial charge >= 0.3 is 0 Å². The highest BCUT2D eigenvalue weighted by molar-refractivity contribution is 5.98. The van der Waals surface area contributed by atoms with Crippen LogP contribution in [0.1, 0.15) is 18.1 Å². The van der Waals surface area contributed by atoms with Crippen molar-refractivity contribution in [2.75, 3.05) is 37.0 Å². The van der Waals surface area contributed by atoms with Crippen LogP contribution in [0.2, 0.25) is 0 Å². The second-order valence-electron chi connectivity index (χ2n) is 6.08. The Morgan fingerprint density at radius 3 is 2.88 bits per heavy atom. The van der Waals surface area contributed by atoms with Gasteiger partial charge in [0.2, 0.25) is 0 Å². The Labute approximate surface area is 144 Å². The fourth-order valence-electron chi connectivity index (χ4n) is 3.07. The van der Waals surface area contributed by atoms with Gasteiger partial charge in [0.05, 0.1) is 6.54 Å². The minimum atomic E-state index is 0.613. The van der Waals surface area contributed by atoms with Crippen LogP contribution in [0.4, 0.5) is 11.5 Å². The Hall–Kier alpha value is -2.56. The van der Waals surface area contributed by atoms with Gasteiger partial charge in [-0.05, 0) is 31.0 Å². The van der Waals surface area contributed by atoms with Crippen LogP contribution in [0.25, 0.3) is 0 Å². The molecule has 126 valence electrons. The zero-order valence-electron chi connectivity index (χ0n) is 14.7. The maximum Gasteiger partial charge on any atom is 0.198 e. The lowest BCUT2D eigenvalue weighted by Gasteiger charge is -2.22. The van der Waals surface area contributed by atoms with Crippen molar-refractivity contribution in [3.8, 4) is 0 Å². The summed E-state index contributed by atoms with van der Waals surface area (Å²) in [6, 6.07) is 12.6. The summed E-state index contributed by atoms with van der Waals surface area (Å²) in [5, 5.41) is 3.43. The Morgan fingerprint density at radius 2 is 2.08 bits per heavy atom. The number of para-hydroxylation sites is 1. The molecule has 0 aliphatic carbocycles. The fourth-order valence-corrected chi connectivity index (χ4v) is 3.07. The number of anilines is 2. The third-order valence-corrected chi connectivity index (χ3v) is 4.17. The second kappa shape index (κ2) is 7.34. The van der Waals surface area contributed by atoms with Crippen LogP contribution in [0.5, 0.6) is 0 Å². The summed E-state index contributed by atoms with van der Waals surface area (Å²) in [7, 11) is 4.02. The molecule has 1 aromatic carbocycles. The van der Waals surface area contributed by atoms with E-state index in [2.05, 4.69) is 52.5 Å². The molecule has 3 rings (SSSR count). The zero-order valence-corrected chi connectivity index (χ0v) is 14.7. The van der Waals surface area contributed by atoms with Crippen LogP contribution in [-0.2, 0) is 13.0 Å². The number of hydrogen-bond donors (Lipinski definition) is 1. The molecule has 1 N–H and O–H groups in total. The van der Waals surface area contributed by atoms with Gasteiger partial charge in [-0.3, -0.25) is 0 Å². The van der Waals surface area contributed by atoms with Crippen LogP contribution in [0.15, 0.2) is 47.6 Å². The van der Waals surface area contributed by atoms with Gasteiger partial charge in [0.1, 0.15) is 5.82 Å². The SMILES string of the molecule is CCNC(=NCc1cccnc1N(C)C)N1CCc2ccccc21. The summed E-state index contributed by atoms with van der Waals surface area (Å²) >= 11 is 0. The predicted molar refractivity (Wildman–Crippen MR) is 101 cm³/mol. The molecule has 0 spiro atoms. The molecule has 5 heteroatoms. The van der Waals surface area contributed by atoms with E-state index in [0.29, 0.717) is 6.54 Å². The number of pyridine rings is 1. The van der Waals surface area contributed by atoms with Crippen molar-refractivity contribution in [3.05, 3.63) is 53.7 Å². The van der Waals surface area contributed by atoms with E-state index in [0.717, 1.165) is 36.9 Å². The molecule has 1 aliphatic heterocycles. The van der Waals surface area contributed by atoms with Gasteiger partial charge in [-0.25, -0.2) is 9.98 Å². The molecule has 0 bridgehead atoms. The quantitative estimate of drug-likeness (QED) is 0.694. The normalized spacial score (nSPS) is 13.8. The monoisotopic (exact) mass is 323 g/mol. The lowest BCUT2D eigenvalue weighted by molar-refractivity contribution is 0.878. The summed E-state index contributed by atoms with van der Waals surface area (Å²) in [6.07, 6.45) is 2.89. The van der Waals surface area contributed by atoms with Crippen LogP contribution < -0.4 is 15.1 Å². The topological polar surface area (TPSA) is 43.8 Å². The van der Waals surface area contributed by atoms with E-state index in [1.54, 1.807) is 0 Å². The molecule has 2 heterocycles. The Kier molecular flexibility index (Phi) is 4.99. The number of benzene rings is 1. The molecular formula is C19H25N5. The lowest BCUT2D eigenvalue weighted by Crippen LogP contribution is -2.40. The van der Waals surface area contributed by atoms with Crippen molar-refractivity contribution in [2.45, 2.75) is 19.9 Å². The molecule has 0 fully saturated rings. The van der Waals surface area contributed by atoms with E-state index in [1.807, 2.05) is 31.3 Å². The predicted octanol–water partition coefficient (Wildman–Crippen LogP) is 2.68. The molecule has 0 unspecified atom stereocenters. The van der Waals surface area contributed by atoms with Crippen LogP contribution in [0.3, 0.4) is 0 Å². The molecule has 0 saturated carbocycles. The summed E-state index contributed by atoms with van der Waals surface area (Å²) in [5.41, 5.74) is 3.78. The molecule has 1 aliphatic rings. The number of hydrogen-bond acceptors (Lipinski definition) is 3. The molecule has 2 aromatic rings. The second-order valence-corrected chi connectivity index (χ2v) is 6.08. The minimum Gasteiger partial charge on any atom is -0.362 e. The highest BCUT2D eigenvalue weighted by atomic mass is 15.3. The van der Waals surface area contributed by atoms with Gasteiger partial charge in [-0.2, -0.15) is 0 Å². The third kappa shape index (κ3) is 3.35. The minimum absolute atomic E-state index is 0.613. The number of nitrogens with one attached hydrogen (secondary N) is 1. The maximum absolute atomic E-state index is 4.87. The molecular weight excluding hydrogens is 298 g/mol. The van der Waals surface area contributed by atoms with Crippen molar-refractivity contribution in [1.82, 2.24) is 10.3 Å². The van der Waals surface area contributed by atoms with Gasteiger partial charge in [-0.15, -0.1) is 0 Å². The van der Waals surface area contributed by atoms with Gasteiger partial charge in [0.25, 0.3) is 0 Å². The molecule has 0 amide bonds. The van der Waals surface area contributed by atoms with Crippen molar-refractivity contribution in [3.63, 3.8) is 0 Å². The van der Waals surface area contributed by atoms with Crippen molar-refractivity contribution in [1.29, 1.82) is 0 Å². The highest BCUT2D eigenvalue weighted by Gasteiger charge is 2.22. The lowest BCUT2D eigenvalue weighted by atomic mass is 10.2. The van der Waals surface area contributed by atoms with Crippen molar-refractivity contribution >= 4 is 17.5 Å². The van der Waals surface area contributed by atoms with Crippen LogP contribution >= 0.6 is 0 Å². The largest absolute Gasteiger partial charge is 0.362 e. The maximum atomic E-state index is 4.87. The molecule has 0 atom stereocenters. The first kappa shape index (κ1) is 16.3. The fraction of sp³-hybridized carbons (Fsp3) is 0.368. The van der Waals surface area contributed by atoms with E-state index >= 15 is 0 Å². The van der Waals surface area contributed by atoms with Gasteiger partial charge < -0.3 is 15.1 Å². The van der Waals surface area contributed by atoms with Crippen molar-refractivity contribution < 1.29 is 0 Å². The van der Waals surface area contributed by atoms with E-state index in [1.165, 1.54) is 11.3 Å². The third-order valence-electron chi connectivity index (χ3n) is 4.17. The Balaban J connectivity index is 1.86. The zero-order chi connectivity index (χ0) is 16.9. The average molecular weight is 323 g/mol. The number of aliphatic imine (C=N–C) groups is 1. The Morgan fingerprint density at radius 1 is 1.25 bits per heavy atom. The number of nitrogens with zero attached hydrogens (tertiary/aromatic N) is 4. The first-order valence-electron chi connectivity index (χ1n) is 8.45. The molecule has 0 radical (unpaired) electrons. The average Bonchev–Trinajstić information content (AvgIpc) is 3.03. The van der Waals surface area contributed by atoms with Gasteiger partial charge in [0, 0.05) is 44.6 Å². The van der Waals surface area contributed by atoms with Gasteiger partial charge in [0.15, 0.2) is 5.96 Å². The summed E-state index contributed by atoms with van der Waals surface area (Å²) in [5.74, 6) is 1.91. The first-order valence-corrected chi connectivity index (χ1v) is 8.45. The molecule has 5 nitrogen and oxygen atoms in total. The van der Waals surface area contributed by atoms with Crippen LogP contribution in [0, 0.1) is 0 Å². The van der Waals surface area contributed by atoms with Crippen LogP contribution in [-0.4, -0.2) is 38.1 Å². The molecule has 1 aromatic heterocycles. The van der Waals surface area contributed by atoms with Crippen molar-refractivity contribution in [2.24, 2.45) is 4.99 Å². The number of guanidine groups is 1. The van der Waals surface area contributed by atoms with E-state index in [9.17, 15) is 0 Å². The summed E-state index contributed by atoms with van der Waals surface area (Å²) < 4.78 is 0. The van der Waals surface area contributed by atoms with E-state index in [-0.39, 0.29) is 0 Å². The Bertz CT molecular complexity index is 723. The highest BCUT2D eigenvalue weighted by Crippen LogP contribution is 2.27. The summed E-state index contributed by atoms with van der Waals surface area (Å²) in [6.45, 7) is 4.54. The standard InChI is InChI=1S/C19H25N5/c1-4-20-19(24-13-11-15-8-5-6-10-17(15)24)22-14-16-9-7-12-21-18(16)23(2)3/h5-10,12H,4,11,13-14H2,1-3H3,(H,20,22).